The molecule has 2 rings (SSSR count). The predicted octanol–water partition coefficient (Wildman–Crippen LogP) is 4.03. The minimum absolute atomic E-state index is 0.421. The number of ether oxygens (including phenoxy) is 1. The van der Waals surface area contributed by atoms with E-state index >= 15 is 0 Å². The van der Waals surface area contributed by atoms with Crippen LogP contribution in [0.3, 0.4) is 0 Å². The summed E-state index contributed by atoms with van der Waals surface area (Å²) in [5.41, 5.74) is 1.26. The van der Waals surface area contributed by atoms with Crippen molar-refractivity contribution in [3.63, 3.8) is 0 Å². The summed E-state index contributed by atoms with van der Waals surface area (Å²) in [6, 6.07) is 5.24. The van der Waals surface area contributed by atoms with Gasteiger partial charge in [0.15, 0.2) is 0 Å². The van der Waals surface area contributed by atoms with E-state index < -0.39 is 5.97 Å². The van der Waals surface area contributed by atoms with Crippen molar-refractivity contribution in [3.8, 4) is 11.6 Å². The van der Waals surface area contributed by atoms with Crippen molar-refractivity contribution in [2.45, 2.75) is 6.92 Å². The van der Waals surface area contributed by atoms with E-state index in [1.807, 2.05) is 0 Å². The fourth-order valence-corrected chi connectivity index (χ4v) is 2.28. The molecule has 1 heterocycles. The van der Waals surface area contributed by atoms with Crippen LogP contribution in [0, 0.1) is 6.92 Å². The Morgan fingerprint density at radius 2 is 2.24 bits per heavy atom. The van der Waals surface area contributed by atoms with E-state index in [0.29, 0.717) is 27.9 Å². The van der Waals surface area contributed by atoms with Crippen LogP contribution in [-0.2, 0) is 11.8 Å². The molecule has 0 aliphatic heterocycles. The highest BCUT2D eigenvalue weighted by atomic mass is 79.9. The molecule has 0 fully saturated rings. The maximum Gasteiger partial charge on any atom is 0.328 e. The first-order chi connectivity index (χ1) is 9.88. The van der Waals surface area contributed by atoms with Crippen molar-refractivity contribution in [1.82, 2.24) is 9.78 Å². The first kappa shape index (κ1) is 15.6. The van der Waals surface area contributed by atoms with E-state index in [2.05, 4.69) is 21.0 Å². The van der Waals surface area contributed by atoms with Gasteiger partial charge in [-0.1, -0.05) is 27.5 Å². The maximum absolute atomic E-state index is 10.7. The molecule has 0 amide bonds. The first-order valence-corrected chi connectivity index (χ1v) is 7.13. The highest BCUT2D eigenvalue weighted by molar-refractivity contribution is 9.10. The summed E-state index contributed by atoms with van der Waals surface area (Å²) in [6.45, 7) is 1.77. The van der Waals surface area contributed by atoms with Gasteiger partial charge in [-0.25, -0.2) is 9.48 Å². The highest BCUT2D eigenvalue weighted by Crippen LogP contribution is 2.34. The molecule has 0 saturated carbocycles. The zero-order valence-corrected chi connectivity index (χ0v) is 13.6. The van der Waals surface area contributed by atoms with Crippen molar-refractivity contribution < 1.29 is 14.6 Å². The third kappa shape index (κ3) is 3.65. The lowest BCUT2D eigenvalue weighted by Gasteiger charge is -2.09. The molecule has 1 N–H and O–H groups in total. The van der Waals surface area contributed by atoms with Crippen molar-refractivity contribution in [3.05, 3.63) is 45.0 Å². The van der Waals surface area contributed by atoms with Gasteiger partial charge in [0.25, 0.3) is 0 Å². The lowest BCUT2D eigenvalue weighted by molar-refractivity contribution is -0.131. The minimum atomic E-state index is -1.04. The van der Waals surface area contributed by atoms with Crippen molar-refractivity contribution >= 4 is 39.6 Å². The van der Waals surface area contributed by atoms with Crippen molar-refractivity contribution in [1.29, 1.82) is 0 Å². The van der Waals surface area contributed by atoms with E-state index in [-0.39, 0.29) is 0 Å². The largest absolute Gasteiger partial charge is 0.478 e. The van der Waals surface area contributed by atoms with Crippen LogP contribution in [0.15, 0.2) is 28.7 Å². The van der Waals surface area contributed by atoms with Gasteiger partial charge in [0.1, 0.15) is 5.75 Å². The van der Waals surface area contributed by atoms with Gasteiger partial charge >= 0.3 is 5.97 Å². The molecular weight excluding hydrogens is 360 g/mol. The molecule has 0 radical (unpaired) electrons. The average Bonchev–Trinajstić information content (AvgIpc) is 2.66. The Morgan fingerprint density at radius 3 is 2.90 bits per heavy atom. The molecule has 5 nitrogen and oxygen atoms in total. The summed E-state index contributed by atoms with van der Waals surface area (Å²) < 4.78 is 8.16. The van der Waals surface area contributed by atoms with Crippen LogP contribution in [0.1, 0.15) is 11.3 Å². The Kier molecular flexibility index (Phi) is 4.69. The van der Waals surface area contributed by atoms with Crippen molar-refractivity contribution in [2.75, 3.05) is 0 Å². The van der Waals surface area contributed by atoms with E-state index in [4.69, 9.17) is 21.4 Å². The Balaban J connectivity index is 2.44. The van der Waals surface area contributed by atoms with Crippen LogP contribution < -0.4 is 4.74 Å². The van der Waals surface area contributed by atoms with Gasteiger partial charge in [0.05, 0.1) is 16.3 Å². The van der Waals surface area contributed by atoms with Crippen molar-refractivity contribution in [2.24, 2.45) is 7.05 Å². The highest BCUT2D eigenvalue weighted by Gasteiger charge is 2.15. The lowest BCUT2D eigenvalue weighted by Crippen LogP contribution is -1.96. The summed E-state index contributed by atoms with van der Waals surface area (Å²) in [6.07, 6.45) is 2.49. The van der Waals surface area contributed by atoms with E-state index in [1.165, 1.54) is 10.8 Å². The number of benzene rings is 1. The number of aliphatic carboxylic acids is 1. The van der Waals surface area contributed by atoms with E-state index in [0.717, 1.165) is 10.5 Å². The normalized spacial score (nSPS) is 11.0. The molecule has 2 aromatic rings. The zero-order valence-electron chi connectivity index (χ0n) is 11.3. The Hall–Kier alpha value is -1.79. The van der Waals surface area contributed by atoms with Gasteiger partial charge in [0, 0.05) is 17.6 Å². The molecule has 0 spiro atoms. The molecule has 0 bridgehead atoms. The number of carbonyl (C=O) groups is 1. The molecular formula is C14H12BrClN2O3. The second kappa shape index (κ2) is 6.32. The van der Waals surface area contributed by atoms with Gasteiger partial charge in [-0.05, 0) is 31.2 Å². The van der Waals surface area contributed by atoms with Crippen LogP contribution in [0.2, 0.25) is 5.02 Å². The molecule has 0 saturated heterocycles. The molecule has 7 heteroatoms. The third-order valence-corrected chi connectivity index (χ3v) is 3.51. The topological polar surface area (TPSA) is 64.4 Å². The number of rotatable bonds is 4. The number of carboxylic acids is 1. The third-order valence-electron chi connectivity index (χ3n) is 2.71. The molecule has 0 unspecified atom stereocenters. The predicted molar refractivity (Wildman–Crippen MR) is 83.8 cm³/mol. The number of nitrogens with zero attached hydrogens (tertiary/aromatic N) is 2. The summed E-state index contributed by atoms with van der Waals surface area (Å²) in [5.74, 6) is -0.159. The van der Waals surface area contributed by atoms with Gasteiger partial charge in [-0.2, -0.15) is 5.10 Å². The van der Waals surface area contributed by atoms with Crippen LogP contribution >= 0.6 is 27.5 Å². The standard InChI is InChI=1S/C14H12BrClN2O3/c1-8-10(4-6-13(19)20)14(18(2)17-8)21-12-7-9(15)3-5-11(12)16/h3-7H,1-2H3,(H,19,20). The Bertz CT molecular complexity index is 725. The monoisotopic (exact) mass is 370 g/mol. The molecule has 1 aromatic carbocycles. The molecule has 0 aliphatic carbocycles. The fourth-order valence-electron chi connectivity index (χ4n) is 1.78. The number of halogens is 2. The Morgan fingerprint density at radius 1 is 1.52 bits per heavy atom. The average molecular weight is 372 g/mol. The van der Waals surface area contributed by atoms with E-state index in [1.54, 1.807) is 32.2 Å². The number of hydrogen-bond donors (Lipinski definition) is 1. The molecule has 1 aromatic heterocycles. The second-order valence-corrected chi connectivity index (χ2v) is 5.60. The van der Waals surface area contributed by atoms with Crippen LogP contribution in [-0.4, -0.2) is 20.9 Å². The molecule has 0 aliphatic rings. The SMILES string of the molecule is Cc1nn(C)c(Oc2cc(Br)ccc2Cl)c1C=CC(=O)O. The number of aromatic nitrogens is 2. The maximum atomic E-state index is 10.7. The summed E-state index contributed by atoms with van der Waals surface area (Å²) in [5, 5.41) is 13.4. The minimum Gasteiger partial charge on any atom is -0.478 e. The van der Waals surface area contributed by atoms with Gasteiger partial charge < -0.3 is 9.84 Å². The number of aryl methyl sites for hydroxylation is 2. The summed E-state index contributed by atoms with van der Waals surface area (Å²) in [4.78, 5) is 10.7. The first-order valence-electron chi connectivity index (χ1n) is 5.96. The lowest BCUT2D eigenvalue weighted by atomic mass is 10.2. The smallest absolute Gasteiger partial charge is 0.328 e. The van der Waals surface area contributed by atoms with Gasteiger partial charge in [-0.3, -0.25) is 0 Å². The van der Waals surface area contributed by atoms with Gasteiger partial charge in [-0.15, -0.1) is 0 Å². The second-order valence-electron chi connectivity index (χ2n) is 4.28. The van der Waals surface area contributed by atoms with Crippen LogP contribution in [0.5, 0.6) is 11.6 Å². The zero-order chi connectivity index (χ0) is 15.6. The quantitative estimate of drug-likeness (QED) is 0.824. The van der Waals surface area contributed by atoms with Gasteiger partial charge in [0.2, 0.25) is 5.88 Å². The Labute approximate surface area is 134 Å². The summed E-state index contributed by atoms with van der Waals surface area (Å²) >= 11 is 9.45. The molecule has 0 atom stereocenters. The molecule has 110 valence electrons. The van der Waals surface area contributed by atoms with Crippen LogP contribution in [0.4, 0.5) is 0 Å². The van der Waals surface area contributed by atoms with E-state index in [9.17, 15) is 4.79 Å². The number of hydrogen-bond acceptors (Lipinski definition) is 3. The molecule has 21 heavy (non-hydrogen) atoms. The number of carboxylic acid groups (broad SMARTS) is 1. The summed E-state index contributed by atoms with van der Waals surface area (Å²) in [7, 11) is 1.71. The fraction of sp³-hybridized carbons (Fsp3) is 0.143. The van der Waals surface area contributed by atoms with Crippen LogP contribution in [0.25, 0.3) is 6.08 Å².